The number of benzene rings is 1. The molecular formula is C14H21Cl2NOS. The van der Waals surface area contributed by atoms with Crippen LogP contribution in [0.25, 0.3) is 0 Å². The van der Waals surface area contributed by atoms with Crippen LogP contribution in [0.5, 0.6) is 0 Å². The van der Waals surface area contributed by atoms with Gasteiger partial charge in [-0.15, -0.1) is 4.72 Å². The molecule has 0 aliphatic carbocycles. The molecule has 108 valence electrons. The predicted octanol–water partition coefficient (Wildman–Crippen LogP) is 4.37. The summed E-state index contributed by atoms with van der Waals surface area (Å²) >= 11 is 10.8. The molecule has 0 amide bonds. The molecule has 2 atom stereocenters. The van der Waals surface area contributed by atoms with Crippen LogP contribution < -0.4 is 4.72 Å². The quantitative estimate of drug-likeness (QED) is 0.817. The summed E-state index contributed by atoms with van der Waals surface area (Å²) in [7, 11) is 0. The number of halogens is 2. The number of hydrogen-bond donors (Lipinski definition) is 1. The van der Waals surface area contributed by atoms with Gasteiger partial charge in [0.15, 0.2) is 0 Å². The van der Waals surface area contributed by atoms with Gasteiger partial charge in [-0.05, 0) is 58.2 Å². The van der Waals surface area contributed by atoms with E-state index in [4.69, 9.17) is 23.2 Å². The molecule has 0 aromatic heterocycles. The Bertz CT molecular complexity index is 420. The summed E-state index contributed by atoms with van der Waals surface area (Å²) in [6.07, 6.45) is 1.78. The molecular weight excluding hydrogens is 301 g/mol. The van der Waals surface area contributed by atoms with Crippen LogP contribution in [0, 0.1) is 0 Å². The summed E-state index contributed by atoms with van der Waals surface area (Å²) in [4.78, 5) is 0. The molecule has 0 aliphatic rings. The number of rotatable bonds is 5. The summed E-state index contributed by atoms with van der Waals surface area (Å²) in [6, 6.07) is 5.86. The minimum Gasteiger partial charge on any atom is -0.598 e. The Morgan fingerprint density at radius 2 is 1.89 bits per heavy atom. The van der Waals surface area contributed by atoms with Crippen molar-refractivity contribution in [1.29, 1.82) is 0 Å². The fourth-order valence-corrected chi connectivity index (χ4v) is 2.65. The van der Waals surface area contributed by atoms with Crippen LogP contribution in [0.15, 0.2) is 18.2 Å². The van der Waals surface area contributed by atoms with Crippen molar-refractivity contribution in [3.63, 3.8) is 0 Å². The van der Waals surface area contributed by atoms with Gasteiger partial charge in [0.25, 0.3) is 0 Å². The minimum absolute atomic E-state index is 0.189. The van der Waals surface area contributed by atoms with Gasteiger partial charge in [-0.2, -0.15) is 0 Å². The van der Waals surface area contributed by atoms with Crippen molar-refractivity contribution in [2.24, 2.45) is 0 Å². The molecule has 1 N–H and O–H groups in total. The zero-order chi connectivity index (χ0) is 14.6. The Morgan fingerprint density at radius 1 is 1.26 bits per heavy atom. The molecule has 5 heteroatoms. The predicted molar refractivity (Wildman–Crippen MR) is 85.3 cm³/mol. The van der Waals surface area contributed by atoms with E-state index in [2.05, 4.69) is 4.72 Å². The number of nitrogens with one attached hydrogen (secondary N) is 1. The van der Waals surface area contributed by atoms with Crippen molar-refractivity contribution in [3.8, 4) is 0 Å². The summed E-state index contributed by atoms with van der Waals surface area (Å²) in [6.45, 7) is 7.92. The van der Waals surface area contributed by atoms with Crippen LogP contribution in [0.3, 0.4) is 0 Å². The van der Waals surface area contributed by atoms with Gasteiger partial charge in [-0.1, -0.05) is 29.3 Å². The van der Waals surface area contributed by atoms with Gasteiger partial charge in [0.2, 0.25) is 0 Å². The first kappa shape index (κ1) is 17.1. The van der Waals surface area contributed by atoms with Crippen LogP contribution in [-0.4, -0.2) is 15.3 Å². The minimum atomic E-state index is -1.03. The fraction of sp³-hybridized carbons (Fsp3) is 0.571. The summed E-state index contributed by atoms with van der Waals surface area (Å²) in [5.74, 6) is 0. The molecule has 1 rings (SSSR count). The zero-order valence-corrected chi connectivity index (χ0v) is 14.1. The van der Waals surface area contributed by atoms with Crippen molar-refractivity contribution in [3.05, 3.63) is 33.8 Å². The van der Waals surface area contributed by atoms with Gasteiger partial charge >= 0.3 is 0 Å². The molecule has 1 aromatic carbocycles. The Kier molecular flexibility index (Phi) is 6.48. The Balaban J connectivity index is 2.46. The molecule has 2 nitrogen and oxygen atoms in total. The maximum atomic E-state index is 11.9. The number of aryl methyl sites for hydroxylation is 1. The molecule has 0 heterocycles. The van der Waals surface area contributed by atoms with Gasteiger partial charge in [0.05, 0.1) is 16.1 Å². The average Bonchev–Trinajstić information content (AvgIpc) is 2.29. The maximum absolute atomic E-state index is 11.9. The van der Waals surface area contributed by atoms with Gasteiger partial charge in [0.1, 0.15) is 4.75 Å². The molecule has 1 aromatic rings. The van der Waals surface area contributed by atoms with Crippen molar-refractivity contribution < 1.29 is 4.55 Å². The van der Waals surface area contributed by atoms with E-state index in [-0.39, 0.29) is 10.8 Å². The van der Waals surface area contributed by atoms with Gasteiger partial charge in [-0.3, -0.25) is 0 Å². The van der Waals surface area contributed by atoms with E-state index < -0.39 is 11.4 Å². The normalized spacial score (nSPS) is 15.3. The van der Waals surface area contributed by atoms with Crippen LogP contribution in [0.4, 0.5) is 0 Å². The zero-order valence-electron chi connectivity index (χ0n) is 11.8. The molecule has 0 aliphatic heterocycles. The Morgan fingerprint density at radius 3 is 2.42 bits per heavy atom. The van der Waals surface area contributed by atoms with E-state index in [1.54, 1.807) is 0 Å². The summed E-state index contributed by atoms with van der Waals surface area (Å²) < 4.78 is 14.8. The molecule has 2 unspecified atom stereocenters. The summed E-state index contributed by atoms with van der Waals surface area (Å²) in [5, 5.41) is 1.16. The van der Waals surface area contributed by atoms with Crippen LogP contribution >= 0.6 is 23.2 Å². The molecule has 19 heavy (non-hydrogen) atoms. The highest BCUT2D eigenvalue weighted by Crippen LogP contribution is 2.23. The second-order valence-electron chi connectivity index (χ2n) is 5.69. The first-order chi connectivity index (χ1) is 8.70. The van der Waals surface area contributed by atoms with Crippen LogP contribution in [0.1, 0.15) is 39.7 Å². The smallest absolute Gasteiger partial charge is 0.136 e. The Hall–Kier alpha value is 0.0700. The topological polar surface area (TPSA) is 35.1 Å². The number of hydrogen-bond acceptors (Lipinski definition) is 2. The molecule has 0 saturated carbocycles. The van der Waals surface area contributed by atoms with Crippen molar-refractivity contribution in [1.82, 2.24) is 4.72 Å². The second-order valence-corrected chi connectivity index (χ2v) is 8.50. The van der Waals surface area contributed by atoms with Crippen LogP contribution in [-0.2, 0) is 17.8 Å². The van der Waals surface area contributed by atoms with E-state index in [1.807, 2.05) is 45.9 Å². The van der Waals surface area contributed by atoms with E-state index in [1.165, 1.54) is 0 Å². The van der Waals surface area contributed by atoms with E-state index >= 15 is 0 Å². The largest absolute Gasteiger partial charge is 0.598 e. The fourth-order valence-electron chi connectivity index (χ4n) is 1.50. The third-order valence-corrected chi connectivity index (χ3v) is 5.18. The maximum Gasteiger partial charge on any atom is 0.136 e. The third-order valence-electron chi connectivity index (χ3n) is 2.71. The molecule has 0 fully saturated rings. The lowest BCUT2D eigenvalue weighted by atomic mass is 10.1. The lowest BCUT2D eigenvalue weighted by Gasteiger charge is -2.26. The average molecular weight is 322 g/mol. The van der Waals surface area contributed by atoms with E-state index in [0.717, 1.165) is 18.4 Å². The van der Waals surface area contributed by atoms with E-state index in [9.17, 15) is 4.55 Å². The van der Waals surface area contributed by atoms with Gasteiger partial charge < -0.3 is 4.55 Å². The highest BCUT2D eigenvalue weighted by atomic mass is 35.5. The first-order valence-electron chi connectivity index (χ1n) is 6.32. The second kappa shape index (κ2) is 7.19. The lowest BCUT2D eigenvalue weighted by molar-refractivity contribution is 0.517. The van der Waals surface area contributed by atoms with Crippen molar-refractivity contribution in [2.45, 2.75) is 51.3 Å². The standard InChI is InChI=1S/C14H21Cl2NOS/c1-10(17-19(18)14(2,3)4)5-6-11-7-8-12(15)13(16)9-11/h7-10,17H,5-6H2,1-4H3. The first-order valence-corrected chi connectivity index (χ1v) is 8.22. The molecule has 0 bridgehead atoms. The molecule has 0 spiro atoms. The van der Waals surface area contributed by atoms with Crippen LogP contribution in [0.2, 0.25) is 10.0 Å². The van der Waals surface area contributed by atoms with Crippen molar-refractivity contribution >= 4 is 34.6 Å². The SMILES string of the molecule is CC(CCc1ccc(Cl)c(Cl)c1)N[S+]([O-])C(C)(C)C. The highest BCUT2D eigenvalue weighted by molar-refractivity contribution is 7.90. The molecule has 0 saturated heterocycles. The van der Waals surface area contributed by atoms with Crippen molar-refractivity contribution in [2.75, 3.05) is 0 Å². The van der Waals surface area contributed by atoms with Gasteiger partial charge in [0, 0.05) is 11.4 Å². The summed E-state index contributed by atoms with van der Waals surface area (Å²) in [5.41, 5.74) is 1.14. The lowest BCUT2D eigenvalue weighted by Crippen LogP contribution is -2.43. The third kappa shape index (κ3) is 5.92. The Labute approximate surface area is 129 Å². The monoisotopic (exact) mass is 321 g/mol. The van der Waals surface area contributed by atoms with E-state index in [0.29, 0.717) is 10.0 Å². The molecule has 0 radical (unpaired) electrons. The highest BCUT2D eigenvalue weighted by Gasteiger charge is 2.27. The van der Waals surface area contributed by atoms with Gasteiger partial charge in [-0.25, -0.2) is 0 Å².